The number of para-hydroxylation sites is 1. The standard InChI is InChI=1S/C15H14N4O2/c20-14(17-10-5-6-10)15-18-13(19-21-15)7-9-8-16-12-4-2-1-3-11(9)12/h1-4,8,10,16H,5-7H2,(H,17,20). The number of fused-ring (bicyclic) bond motifs is 1. The Morgan fingerprint density at radius 1 is 1.38 bits per heavy atom. The summed E-state index contributed by atoms with van der Waals surface area (Å²) in [4.78, 5) is 19.2. The smallest absolute Gasteiger partial charge is 0.315 e. The van der Waals surface area contributed by atoms with Crippen molar-refractivity contribution in [3.63, 3.8) is 0 Å². The fraction of sp³-hybridized carbons (Fsp3) is 0.267. The van der Waals surface area contributed by atoms with E-state index in [9.17, 15) is 4.79 Å². The van der Waals surface area contributed by atoms with Crippen LogP contribution in [0, 0.1) is 0 Å². The number of H-pyrrole nitrogens is 1. The summed E-state index contributed by atoms with van der Waals surface area (Å²) in [5.74, 6) is 0.271. The molecule has 106 valence electrons. The number of benzene rings is 1. The molecule has 0 unspecified atom stereocenters. The minimum absolute atomic E-state index is 0.0386. The highest BCUT2D eigenvalue weighted by molar-refractivity contribution is 5.90. The Bertz CT molecular complexity index is 801. The third kappa shape index (κ3) is 2.40. The number of rotatable bonds is 4. The van der Waals surface area contributed by atoms with Crippen LogP contribution in [0.15, 0.2) is 35.0 Å². The van der Waals surface area contributed by atoms with Crippen LogP contribution in [-0.4, -0.2) is 27.1 Å². The molecule has 0 saturated heterocycles. The lowest BCUT2D eigenvalue weighted by Gasteiger charge is -1.96. The SMILES string of the molecule is O=C(NC1CC1)c1nc(Cc2c[nH]c3ccccc23)no1. The third-order valence-corrected chi connectivity index (χ3v) is 3.60. The van der Waals surface area contributed by atoms with Crippen LogP contribution < -0.4 is 5.32 Å². The summed E-state index contributed by atoms with van der Waals surface area (Å²) < 4.78 is 5.03. The normalized spacial score (nSPS) is 14.5. The number of hydrogen-bond donors (Lipinski definition) is 2. The molecule has 0 aliphatic heterocycles. The highest BCUT2D eigenvalue weighted by atomic mass is 16.5. The lowest BCUT2D eigenvalue weighted by molar-refractivity contribution is 0.0907. The molecule has 0 spiro atoms. The predicted octanol–water partition coefficient (Wildman–Crippen LogP) is 2.03. The van der Waals surface area contributed by atoms with E-state index in [2.05, 4.69) is 20.4 Å². The molecule has 0 bridgehead atoms. The van der Waals surface area contributed by atoms with Crippen LogP contribution in [-0.2, 0) is 6.42 Å². The van der Waals surface area contributed by atoms with E-state index in [4.69, 9.17) is 4.52 Å². The molecule has 3 aromatic rings. The zero-order valence-corrected chi connectivity index (χ0v) is 11.3. The van der Waals surface area contributed by atoms with E-state index in [0.717, 1.165) is 29.3 Å². The van der Waals surface area contributed by atoms with Gasteiger partial charge in [0.25, 0.3) is 0 Å². The first-order valence-electron chi connectivity index (χ1n) is 6.98. The molecule has 2 N–H and O–H groups in total. The molecule has 1 amide bonds. The minimum atomic E-state index is -0.282. The summed E-state index contributed by atoms with van der Waals surface area (Å²) in [6.45, 7) is 0. The summed E-state index contributed by atoms with van der Waals surface area (Å²) in [7, 11) is 0. The van der Waals surface area contributed by atoms with Crippen molar-refractivity contribution in [2.75, 3.05) is 0 Å². The molecule has 1 aliphatic rings. The van der Waals surface area contributed by atoms with E-state index in [1.165, 1.54) is 0 Å². The van der Waals surface area contributed by atoms with Crippen LogP contribution in [0.5, 0.6) is 0 Å². The largest absolute Gasteiger partial charge is 0.361 e. The van der Waals surface area contributed by atoms with Crippen LogP contribution in [0.25, 0.3) is 10.9 Å². The molecule has 0 radical (unpaired) electrons. The molecule has 21 heavy (non-hydrogen) atoms. The Balaban J connectivity index is 1.54. The van der Waals surface area contributed by atoms with Crippen molar-refractivity contribution in [3.05, 3.63) is 47.7 Å². The van der Waals surface area contributed by atoms with Gasteiger partial charge in [-0.25, -0.2) is 0 Å². The van der Waals surface area contributed by atoms with Gasteiger partial charge in [0.15, 0.2) is 5.82 Å². The van der Waals surface area contributed by atoms with Gasteiger partial charge in [0.05, 0.1) is 0 Å². The zero-order valence-electron chi connectivity index (χ0n) is 11.3. The lowest BCUT2D eigenvalue weighted by Crippen LogP contribution is -2.25. The maximum absolute atomic E-state index is 11.8. The number of hydrogen-bond acceptors (Lipinski definition) is 4. The van der Waals surface area contributed by atoms with Gasteiger partial charge in [0, 0.05) is 29.6 Å². The summed E-state index contributed by atoms with van der Waals surface area (Å²) in [6, 6.07) is 8.31. The van der Waals surface area contributed by atoms with Crippen LogP contribution in [0.2, 0.25) is 0 Å². The summed E-state index contributed by atoms with van der Waals surface area (Å²) in [6.07, 6.45) is 4.53. The molecule has 1 aromatic carbocycles. The molecular formula is C15H14N4O2. The molecule has 6 heteroatoms. The topological polar surface area (TPSA) is 83.8 Å². The fourth-order valence-corrected chi connectivity index (χ4v) is 2.34. The van der Waals surface area contributed by atoms with Crippen molar-refractivity contribution < 1.29 is 9.32 Å². The van der Waals surface area contributed by atoms with Crippen molar-refractivity contribution >= 4 is 16.8 Å². The molecule has 4 rings (SSSR count). The van der Waals surface area contributed by atoms with E-state index in [0.29, 0.717) is 12.2 Å². The van der Waals surface area contributed by atoms with Gasteiger partial charge in [0.1, 0.15) is 0 Å². The van der Waals surface area contributed by atoms with Crippen LogP contribution >= 0.6 is 0 Å². The lowest BCUT2D eigenvalue weighted by atomic mass is 10.1. The highest BCUT2D eigenvalue weighted by Crippen LogP contribution is 2.21. The molecule has 1 saturated carbocycles. The molecule has 2 heterocycles. The Kier molecular flexibility index (Phi) is 2.73. The van der Waals surface area contributed by atoms with E-state index in [-0.39, 0.29) is 17.8 Å². The number of aromatic amines is 1. The van der Waals surface area contributed by atoms with Crippen molar-refractivity contribution in [2.24, 2.45) is 0 Å². The first kappa shape index (κ1) is 12.1. The average Bonchev–Trinajstić information content (AvgIpc) is 3.04. The second-order valence-electron chi connectivity index (χ2n) is 5.30. The molecule has 1 fully saturated rings. The van der Waals surface area contributed by atoms with Crippen LogP contribution in [0.3, 0.4) is 0 Å². The van der Waals surface area contributed by atoms with Crippen molar-refractivity contribution in [2.45, 2.75) is 25.3 Å². The highest BCUT2D eigenvalue weighted by Gasteiger charge is 2.26. The van der Waals surface area contributed by atoms with E-state index in [1.54, 1.807) is 0 Å². The Morgan fingerprint density at radius 3 is 3.10 bits per heavy atom. The number of nitrogens with zero attached hydrogens (tertiary/aromatic N) is 2. The van der Waals surface area contributed by atoms with Gasteiger partial charge in [-0.3, -0.25) is 4.79 Å². The van der Waals surface area contributed by atoms with Crippen molar-refractivity contribution in [3.8, 4) is 0 Å². The van der Waals surface area contributed by atoms with E-state index in [1.807, 2.05) is 30.5 Å². The number of amides is 1. The average molecular weight is 282 g/mol. The maximum Gasteiger partial charge on any atom is 0.315 e. The van der Waals surface area contributed by atoms with Gasteiger partial charge >= 0.3 is 11.8 Å². The number of carbonyl (C=O) groups excluding carboxylic acids is 1. The predicted molar refractivity (Wildman–Crippen MR) is 75.9 cm³/mol. The van der Waals surface area contributed by atoms with Gasteiger partial charge in [-0.2, -0.15) is 4.98 Å². The molecule has 1 aliphatic carbocycles. The van der Waals surface area contributed by atoms with Crippen LogP contribution in [0.4, 0.5) is 0 Å². The zero-order chi connectivity index (χ0) is 14.2. The minimum Gasteiger partial charge on any atom is -0.361 e. The monoisotopic (exact) mass is 282 g/mol. The van der Waals surface area contributed by atoms with Crippen LogP contribution in [0.1, 0.15) is 34.9 Å². The molecule has 0 atom stereocenters. The maximum atomic E-state index is 11.8. The van der Waals surface area contributed by atoms with Crippen molar-refractivity contribution in [1.29, 1.82) is 0 Å². The number of aromatic nitrogens is 3. The van der Waals surface area contributed by atoms with Gasteiger partial charge < -0.3 is 14.8 Å². The van der Waals surface area contributed by atoms with E-state index < -0.39 is 0 Å². The van der Waals surface area contributed by atoms with Gasteiger partial charge in [-0.05, 0) is 24.5 Å². The Morgan fingerprint density at radius 2 is 2.24 bits per heavy atom. The first-order chi connectivity index (χ1) is 10.3. The fourth-order valence-electron chi connectivity index (χ4n) is 2.34. The van der Waals surface area contributed by atoms with Gasteiger partial charge in [-0.1, -0.05) is 23.4 Å². The Hall–Kier alpha value is -2.63. The molecular weight excluding hydrogens is 268 g/mol. The number of nitrogens with one attached hydrogen (secondary N) is 2. The summed E-state index contributed by atoms with van der Waals surface area (Å²) >= 11 is 0. The summed E-state index contributed by atoms with van der Waals surface area (Å²) in [5, 5.41) is 7.85. The third-order valence-electron chi connectivity index (χ3n) is 3.60. The molecule has 2 aromatic heterocycles. The Labute approximate surface area is 120 Å². The first-order valence-corrected chi connectivity index (χ1v) is 6.98. The molecule has 6 nitrogen and oxygen atoms in total. The van der Waals surface area contributed by atoms with E-state index >= 15 is 0 Å². The van der Waals surface area contributed by atoms with Gasteiger partial charge in [0.2, 0.25) is 0 Å². The van der Waals surface area contributed by atoms with Crippen molar-refractivity contribution in [1.82, 2.24) is 20.4 Å². The summed E-state index contributed by atoms with van der Waals surface area (Å²) in [5.41, 5.74) is 2.16. The quantitative estimate of drug-likeness (QED) is 0.767. The second kappa shape index (κ2) is 4.73. The van der Waals surface area contributed by atoms with Gasteiger partial charge in [-0.15, -0.1) is 0 Å². The number of carbonyl (C=O) groups is 1. The second-order valence-corrected chi connectivity index (χ2v) is 5.30.